The van der Waals surface area contributed by atoms with E-state index in [4.69, 9.17) is 23.3 Å². The van der Waals surface area contributed by atoms with E-state index in [-0.39, 0.29) is 30.3 Å². The molecule has 1 aromatic carbocycles. The van der Waals surface area contributed by atoms with Gasteiger partial charge in [-0.3, -0.25) is 29.0 Å². The Morgan fingerprint density at radius 3 is 2.54 bits per heavy atom. The van der Waals surface area contributed by atoms with Gasteiger partial charge in [-0.2, -0.15) is 4.98 Å². The monoisotopic (exact) mass is 563 g/mol. The lowest BCUT2D eigenvalue weighted by Gasteiger charge is -2.30. The number of benzene rings is 1. The Labute approximate surface area is 223 Å². The van der Waals surface area contributed by atoms with Gasteiger partial charge < -0.3 is 28.4 Å². The Kier molecular flexibility index (Phi) is 7.46. The van der Waals surface area contributed by atoms with Crippen LogP contribution in [0.3, 0.4) is 0 Å². The number of aliphatic hydroxyl groups is 1. The van der Waals surface area contributed by atoms with E-state index >= 15 is 0 Å². The average molecular weight is 564 g/mol. The van der Waals surface area contributed by atoms with Crippen LogP contribution in [0.2, 0.25) is 0 Å². The number of nitrogens with zero attached hydrogens (tertiary/aromatic N) is 3. The summed E-state index contributed by atoms with van der Waals surface area (Å²) < 4.78 is 43.8. The largest absolute Gasteiger partial charge is 0.378 e. The number of carbonyl (C=O) groups is 1. The molecule has 5 rings (SSSR count). The Morgan fingerprint density at radius 2 is 1.87 bits per heavy atom. The third-order valence-corrected chi connectivity index (χ3v) is 8.45. The first kappa shape index (κ1) is 27.6. The Bertz CT molecular complexity index is 1450. The molecule has 0 radical (unpaired) electrons. The molecule has 2 saturated heterocycles. The predicted molar refractivity (Wildman–Crippen MR) is 137 cm³/mol. The fraction of sp³-hybridized carbons (Fsp3) is 0.500. The highest BCUT2D eigenvalue weighted by molar-refractivity contribution is 7.54. The van der Waals surface area contributed by atoms with Crippen molar-refractivity contribution < 1.29 is 37.7 Å². The maximum Gasteiger partial charge on any atom is 0.361 e. The minimum Gasteiger partial charge on any atom is -0.378 e. The number of aliphatic hydroxyl groups excluding tert-OH is 1. The molecule has 2 aromatic heterocycles. The SMILES string of the molecule is CCOP(=O)(OCC)[C@@H](O)[C@H]1O[C@@H](n2cnc3c(=O)[nH]c(NC(=O)c4ccccc4)nc32)[C@@H]2OC(C)(C)O[C@@H]21. The zero-order valence-corrected chi connectivity index (χ0v) is 22.7. The first-order valence-electron chi connectivity index (χ1n) is 12.5. The van der Waals surface area contributed by atoms with Gasteiger partial charge in [-0.15, -0.1) is 0 Å². The van der Waals surface area contributed by atoms with Crippen molar-refractivity contribution in [2.75, 3.05) is 18.5 Å². The molecule has 0 aliphatic carbocycles. The lowest BCUT2D eigenvalue weighted by molar-refractivity contribution is -0.203. The number of H-pyrrole nitrogens is 1. The van der Waals surface area contributed by atoms with Crippen LogP contribution in [0.5, 0.6) is 0 Å². The molecule has 2 aliphatic rings. The van der Waals surface area contributed by atoms with Crippen molar-refractivity contribution >= 4 is 30.6 Å². The number of aromatic amines is 1. The number of aromatic nitrogens is 4. The van der Waals surface area contributed by atoms with Crippen molar-refractivity contribution in [2.24, 2.45) is 0 Å². The first-order chi connectivity index (χ1) is 18.6. The highest BCUT2D eigenvalue weighted by atomic mass is 31.2. The summed E-state index contributed by atoms with van der Waals surface area (Å²) in [6.45, 7) is 6.74. The van der Waals surface area contributed by atoms with E-state index in [1.165, 1.54) is 10.9 Å². The number of hydrogen-bond acceptors (Lipinski definition) is 11. The van der Waals surface area contributed by atoms with Crippen molar-refractivity contribution in [1.29, 1.82) is 0 Å². The van der Waals surface area contributed by atoms with Gasteiger partial charge >= 0.3 is 7.60 Å². The molecule has 0 bridgehead atoms. The maximum atomic E-state index is 13.4. The van der Waals surface area contributed by atoms with Crippen molar-refractivity contribution in [1.82, 2.24) is 19.5 Å². The van der Waals surface area contributed by atoms with Crippen molar-refractivity contribution in [2.45, 2.75) is 63.9 Å². The van der Waals surface area contributed by atoms with Gasteiger partial charge in [-0.1, -0.05) is 18.2 Å². The third kappa shape index (κ3) is 5.16. The molecule has 39 heavy (non-hydrogen) atoms. The highest BCUT2D eigenvalue weighted by Crippen LogP contribution is 2.57. The van der Waals surface area contributed by atoms with E-state index in [0.717, 1.165) is 0 Å². The van der Waals surface area contributed by atoms with Crippen molar-refractivity contribution in [3.63, 3.8) is 0 Å². The summed E-state index contributed by atoms with van der Waals surface area (Å²) in [5.74, 6) is -3.33. The standard InChI is InChI=1S/C24H30N5O9P/c1-5-34-39(33,35-6-2)22(32)17-15-16(38-24(3,4)37-15)21(36-17)29-12-25-14-18(29)26-23(28-20(14)31)27-19(30)13-10-8-7-9-11-13/h7-12,15-17,21-22,32H,5-6H2,1-4H3,(H2,26,27,28,30,31)/t15-,16+,17-,21+,22+/m0/s1. The molecular weight excluding hydrogens is 533 g/mol. The molecule has 4 heterocycles. The molecule has 2 fully saturated rings. The van der Waals surface area contributed by atoms with Gasteiger partial charge in [-0.05, 0) is 39.8 Å². The lowest BCUT2D eigenvalue weighted by Crippen LogP contribution is -2.39. The summed E-state index contributed by atoms with van der Waals surface area (Å²) in [6, 6.07) is 8.44. The molecule has 2 aliphatic heterocycles. The summed E-state index contributed by atoms with van der Waals surface area (Å²) in [6.07, 6.45) is -2.51. The second-order valence-corrected chi connectivity index (χ2v) is 11.5. The summed E-state index contributed by atoms with van der Waals surface area (Å²) in [7, 11) is -4.01. The van der Waals surface area contributed by atoms with Crippen LogP contribution in [0.4, 0.5) is 5.95 Å². The fourth-order valence-corrected chi connectivity index (χ4v) is 6.44. The van der Waals surface area contributed by atoms with E-state index in [2.05, 4.69) is 20.3 Å². The minimum absolute atomic E-state index is 0.00987. The van der Waals surface area contributed by atoms with E-state index in [9.17, 15) is 19.3 Å². The van der Waals surface area contributed by atoms with Gasteiger partial charge in [0, 0.05) is 5.56 Å². The van der Waals surface area contributed by atoms with Crippen LogP contribution in [-0.2, 0) is 27.8 Å². The first-order valence-corrected chi connectivity index (χ1v) is 14.1. The van der Waals surface area contributed by atoms with Crippen molar-refractivity contribution in [3.05, 3.63) is 52.6 Å². The molecule has 5 atom stereocenters. The Balaban J connectivity index is 1.50. The molecule has 0 unspecified atom stereocenters. The van der Waals surface area contributed by atoms with Gasteiger partial charge in [0.2, 0.25) is 5.95 Å². The maximum absolute atomic E-state index is 13.4. The zero-order valence-electron chi connectivity index (χ0n) is 21.8. The summed E-state index contributed by atoms with van der Waals surface area (Å²) in [4.78, 5) is 36.5. The fourth-order valence-electron chi connectivity index (χ4n) is 4.74. The van der Waals surface area contributed by atoms with Crippen LogP contribution in [-0.4, -0.2) is 73.7 Å². The van der Waals surface area contributed by atoms with Crippen LogP contribution < -0.4 is 10.9 Å². The van der Waals surface area contributed by atoms with E-state index in [1.54, 1.807) is 58.0 Å². The van der Waals surface area contributed by atoms with Crippen LogP contribution in [0.25, 0.3) is 11.2 Å². The summed E-state index contributed by atoms with van der Waals surface area (Å²) >= 11 is 0. The normalized spacial score (nSPS) is 25.1. The quantitative estimate of drug-likeness (QED) is 0.326. The average Bonchev–Trinajstić information content (AvgIpc) is 3.55. The topological polar surface area (TPSA) is 176 Å². The number of fused-ring (bicyclic) bond motifs is 2. The van der Waals surface area contributed by atoms with Gasteiger partial charge in [-0.25, -0.2) is 4.98 Å². The van der Waals surface area contributed by atoms with E-state index in [1.807, 2.05) is 0 Å². The number of hydrogen-bond donors (Lipinski definition) is 3. The molecule has 210 valence electrons. The van der Waals surface area contributed by atoms with Crippen LogP contribution in [0, 0.1) is 0 Å². The van der Waals surface area contributed by atoms with Crippen LogP contribution in [0.15, 0.2) is 41.5 Å². The number of nitrogens with one attached hydrogen (secondary N) is 2. The Hall–Kier alpha value is -2.97. The highest BCUT2D eigenvalue weighted by Gasteiger charge is 2.61. The smallest absolute Gasteiger partial charge is 0.361 e. The van der Waals surface area contributed by atoms with Crippen molar-refractivity contribution in [3.8, 4) is 0 Å². The minimum atomic E-state index is -4.01. The molecule has 3 aromatic rings. The molecule has 15 heteroatoms. The predicted octanol–water partition coefficient (Wildman–Crippen LogP) is 2.37. The van der Waals surface area contributed by atoms with Gasteiger partial charge in [0.05, 0.1) is 19.5 Å². The van der Waals surface area contributed by atoms with E-state index in [0.29, 0.717) is 5.56 Å². The lowest BCUT2D eigenvalue weighted by atomic mass is 10.1. The van der Waals surface area contributed by atoms with Gasteiger partial charge in [0.15, 0.2) is 29.0 Å². The number of anilines is 1. The molecule has 14 nitrogen and oxygen atoms in total. The molecule has 3 N–H and O–H groups in total. The summed E-state index contributed by atoms with van der Waals surface area (Å²) in [5, 5.41) is 13.7. The number of amides is 1. The Morgan fingerprint density at radius 1 is 1.21 bits per heavy atom. The molecular formula is C24H30N5O9P. The van der Waals surface area contributed by atoms with Crippen LogP contribution >= 0.6 is 7.60 Å². The number of ether oxygens (including phenoxy) is 3. The number of imidazole rings is 1. The zero-order chi connectivity index (χ0) is 27.9. The molecule has 0 saturated carbocycles. The van der Waals surface area contributed by atoms with Crippen LogP contribution in [0.1, 0.15) is 44.3 Å². The number of carbonyl (C=O) groups excluding carboxylic acids is 1. The van der Waals surface area contributed by atoms with Gasteiger partial charge in [0.1, 0.15) is 18.3 Å². The second kappa shape index (κ2) is 10.5. The molecule has 0 spiro atoms. The second-order valence-electron chi connectivity index (χ2n) is 9.40. The van der Waals surface area contributed by atoms with Gasteiger partial charge in [0.25, 0.3) is 11.5 Å². The number of rotatable bonds is 9. The summed E-state index contributed by atoms with van der Waals surface area (Å²) in [5.41, 5.74) is -0.134. The van der Waals surface area contributed by atoms with E-state index < -0.39 is 55.2 Å². The third-order valence-electron chi connectivity index (χ3n) is 6.28. The molecule has 1 amide bonds.